The van der Waals surface area contributed by atoms with Gasteiger partial charge in [0.2, 0.25) is 5.78 Å². The normalized spacial score (nSPS) is 16.3. The number of hydrazone groups is 2. The van der Waals surface area contributed by atoms with Crippen LogP contribution in [0.2, 0.25) is 0 Å². The number of hydrogen-bond donors (Lipinski definition) is 4. The quantitative estimate of drug-likeness (QED) is 0.0933. The van der Waals surface area contributed by atoms with Crippen LogP contribution in [0.4, 0.5) is 17.1 Å². The number of hydrogen-bond acceptors (Lipinski definition) is 11. The van der Waals surface area contributed by atoms with Gasteiger partial charge in [0.25, 0.3) is 15.8 Å². The first-order valence-corrected chi connectivity index (χ1v) is 13.9. The second-order valence-corrected chi connectivity index (χ2v) is 10.6. The molecule has 0 aromatic heterocycles. The van der Waals surface area contributed by atoms with Gasteiger partial charge in [0.1, 0.15) is 16.2 Å². The summed E-state index contributed by atoms with van der Waals surface area (Å²) in [6, 6.07) is 16.4. The van der Waals surface area contributed by atoms with Crippen LogP contribution in [0.15, 0.2) is 107 Å². The largest absolute Gasteiger partial charge is 0.478 e. The van der Waals surface area contributed by atoms with E-state index in [0.29, 0.717) is 11.3 Å². The number of rotatable bonds is 8. The highest BCUT2D eigenvalue weighted by atomic mass is 32.2. The van der Waals surface area contributed by atoms with Gasteiger partial charge in [0.05, 0.1) is 27.6 Å². The minimum absolute atomic E-state index is 0.0574. The molecule has 0 bridgehead atoms. The maximum Gasteiger partial charge on any atom is 0.339 e. The van der Waals surface area contributed by atoms with Crippen molar-refractivity contribution in [3.63, 3.8) is 0 Å². The predicted octanol–water partition coefficient (Wildman–Crippen LogP) is 4.07. The Hall–Kier alpha value is -6.06. The van der Waals surface area contributed by atoms with Crippen molar-refractivity contribution in [2.24, 2.45) is 10.2 Å². The molecule has 4 N–H and O–H groups in total. The summed E-state index contributed by atoms with van der Waals surface area (Å²) >= 11 is 0. The van der Waals surface area contributed by atoms with Crippen molar-refractivity contribution in [3.8, 4) is 11.1 Å². The number of benzene rings is 3. The van der Waals surface area contributed by atoms with Crippen LogP contribution >= 0.6 is 0 Å². The maximum atomic E-state index is 12.9. The number of allylic oxidation sites excluding steroid dienone is 4. The van der Waals surface area contributed by atoms with Gasteiger partial charge in [-0.2, -0.15) is 18.6 Å². The van der Waals surface area contributed by atoms with Gasteiger partial charge in [-0.15, -0.1) is 0 Å². The highest BCUT2D eigenvalue weighted by molar-refractivity contribution is 7.95. The van der Waals surface area contributed by atoms with Crippen molar-refractivity contribution < 1.29 is 37.4 Å². The molecule has 3 aromatic rings. The summed E-state index contributed by atoms with van der Waals surface area (Å²) in [5.74, 6) is -2.64. The Balaban J connectivity index is 1.36. The molecule has 2 aliphatic carbocycles. The Bertz CT molecular complexity index is 2030. The van der Waals surface area contributed by atoms with Crippen LogP contribution in [0, 0.1) is 10.1 Å². The van der Waals surface area contributed by atoms with Crippen molar-refractivity contribution in [2.45, 2.75) is 0 Å². The number of carboxylic acids is 1. The van der Waals surface area contributed by atoms with Crippen LogP contribution < -0.4 is 10.9 Å². The van der Waals surface area contributed by atoms with Gasteiger partial charge in [-0.3, -0.25) is 35.1 Å². The van der Waals surface area contributed by atoms with E-state index in [-0.39, 0.29) is 39.5 Å². The average molecular weight is 614 g/mol. The predicted molar refractivity (Wildman–Crippen MR) is 161 cm³/mol. The number of nitro groups is 1. The Morgan fingerprint density at radius 2 is 1.50 bits per heavy atom. The number of carbonyl (C=O) groups excluding carboxylic acids is 2. The summed E-state index contributed by atoms with van der Waals surface area (Å²) in [6.07, 6.45) is 4.40. The zero-order chi connectivity index (χ0) is 31.6. The van der Waals surface area contributed by atoms with Crippen molar-refractivity contribution in [3.05, 3.63) is 118 Å². The number of fused-ring (bicyclic) bond motifs is 1. The Morgan fingerprint density at radius 3 is 2.16 bits per heavy atom. The summed E-state index contributed by atoms with van der Waals surface area (Å²) in [5, 5.41) is 29.0. The Labute approximate surface area is 248 Å². The van der Waals surface area contributed by atoms with Gasteiger partial charge in [0, 0.05) is 17.2 Å². The monoisotopic (exact) mass is 613 g/mol. The molecule has 0 saturated heterocycles. The molecule has 0 radical (unpaired) electrons. The zero-order valence-electron chi connectivity index (χ0n) is 22.2. The number of aliphatic carboxylic acids is 1. The van der Waals surface area contributed by atoms with Crippen molar-refractivity contribution in [1.82, 2.24) is 0 Å². The molecule has 14 nitrogen and oxygen atoms in total. The summed E-state index contributed by atoms with van der Waals surface area (Å²) in [6.45, 7) is 0. The number of ketones is 2. The number of Topliss-reactive ketones (excluding diaryl/α,β-unsaturated/α-hetero) is 1. The molecule has 44 heavy (non-hydrogen) atoms. The second-order valence-electron chi connectivity index (χ2n) is 9.24. The Morgan fingerprint density at radius 1 is 0.841 bits per heavy atom. The van der Waals surface area contributed by atoms with E-state index in [4.69, 9.17) is 5.11 Å². The number of carbonyl (C=O) groups is 3. The lowest BCUT2D eigenvalue weighted by atomic mass is 9.95. The fourth-order valence-electron chi connectivity index (χ4n) is 4.33. The molecule has 2 aliphatic rings. The van der Waals surface area contributed by atoms with Gasteiger partial charge in [-0.25, -0.2) is 4.79 Å². The van der Waals surface area contributed by atoms with Gasteiger partial charge in [-0.1, -0.05) is 36.4 Å². The van der Waals surface area contributed by atoms with Crippen LogP contribution in [0.25, 0.3) is 16.0 Å². The van der Waals surface area contributed by atoms with E-state index in [9.17, 15) is 37.5 Å². The van der Waals surface area contributed by atoms with Crippen molar-refractivity contribution >= 4 is 61.0 Å². The van der Waals surface area contributed by atoms with Gasteiger partial charge in [0.15, 0.2) is 5.78 Å². The third-order valence-corrected chi connectivity index (χ3v) is 7.31. The molecule has 0 unspecified atom stereocenters. The molecule has 0 amide bonds. The Kier molecular flexibility index (Phi) is 7.81. The summed E-state index contributed by atoms with van der Waals surface area (Å²) in [5.41, 5.74) is 5.87. The maximum absolute atomic E-state index is 12.9. The second kappa shape index (κ2) is 11.7. The molecule has 220 valence electrons. The van der Waals surface area contributed by atoms with E-state index in [1.807, 2.05) is 0 Å². The first-order valence-electron chi connectivity index (χ1n) is 12.5. The van der Waals surface area contributed by atoms with Gasteiger partial charge in [-0.05, 0) is 54.1 Å². The molecule has 5 rings (SSSR count). The first kappa shape index (κ1) is 29.4. The van der Waals surface area contributed by atoms with Crippen LogP contribution in [-0.4, -0.2) is 52.0 Å². The molecule has 0 aliphatic heterocycles. The van der Waals surface area contributed by atoms with Gasteiger partial charge >= 0.3 is 5.97 Å². The highest BCUT2D eigenvalue weighted by Crippen LogP contribution is 2.33. The molecule has 3 aromatic carbocycles. The molecule has 0 atom stereocenters. The molecular formula is C29H19N5O9S. The SMILES string of the molecule is O=C(O)C1=C/C(=N\Nc2ccc(-c3ccc(N/N=C4\C=C(S(=O)(=O)O)c5ccccc5C4=O)cc3)c([N+](=O)[O-])c2)C=CC1=O. The summed E-state index contributed by atoms with van der Waals surface area (Å²) < 4.78 is 33.5. The minimum Gasteiger partial charge on any atom is -0.478 e. The molecule has 0 heterocycles. The number of nitrogens with zero attached hydrogens (tertiary/aromatic N) is 3. The van der Waals surface area contributed by atoms with E-state index in [2.05, 4.69) is 21.1 Å². The van der Waals surface area contributed by atoms with Crippen LogP contribution in [0.5, 0.6) is 0 Å². The summed E-state index contributed by atoms with van der Waals surface area (Å²) in [4.78, 5) is 46.5. The van der Waals surface area contributed by atoms with Gasteiger partial charge < -0.3 is 5.11 Å². The minimum atomic E-state index is -4.65. The molecule has 0 spiro atoms. The smallest absolute Gasteiger partial charge is 0.339 e. The average Bonchev–Trinajstić information content (AvgIpc) is 3.00. The lowest BCUT2D eigenvalue weighted by Crippen LogP contribution is -2.22. The molecule has 0 fully saturated rings. The van der Waals surface area contributed by atoms with Crippen LogP contribution in [0.3, 0.4) is 0 Å². The van der Waals surface area contributed by atoms with E-state index >= 15 is 0 Å². The van der Waals surface area contributed by atoms with E-state index in [1.165, 1.54) is 42.5 Å². The highest BCUT2D eigenvalue weighted by Gasteiger charge is 2.30. The van der Waals surface area contributed by atoms with E-state index in [0.717, 1.165) is 18.2 Å². The fraction of sp³-hybridized carbons (Fsp3) is 0. The topological polar surface area (TPSA) is 218 Å². The number of nitrogens with one attached hydrogen (secondary N) is 2. The summed E-state index contributed by atoms with van der Waals surface area (Å²) in [7, 11) is -4.65. The number of anilines is 2. The van der Waals surface area contributed by atoms with E-state index in [1.54, 1.807) is 30.3 Å². The van der Waals surface area contributed by atoms with Crippen LogP contribution in [-0.2, 0) is 19.7 Å². The lowest BCUT2D eigenvalue weighted by molar-refractivity contribution is -0.384. The van der Waals surface area contributed by atoms with Crippen molar-refractivity contribution in [2.75, 3.05) is 10.9 Å². The lowest BCUT2D eigenvalue weighted by Gasteiger charge is -2.16. The molecular weight excluding hydrogens is 594 g/mol. The van der Waals surface area contributed by atoms with Crippen LogP contribution in [0.1, 0.15) is 15.9 Å². The first-order chi connectivity index (χ1) is 20.9. The molecule has 15 heteroatoms. The molecule has 0 saturated carbocycles. The fourth-order valence-corrected chi connectivity index (χ4v) is 5.04. The zero-order valence-corrected chi connectivity index (χ0v) is 23.0. The van der Waals surface area contributed by atoms with Crippen molar-refractivity contribution in [1.29, 1.82) is 0 Å². The standard InChI is InChI=1S/C29H19N5O9S/c35-26-12-10-18(13-23(26)29(37)38)31-32-19-9-11-20(25(14-19)34(39)40)16-5-7-17(8-6-16)30-33-24-15-27(44(41,42)43)21-3-1-2-4-22(21)28(24)36/h1-15,30,32H,(H,37,38)(H,41,42,43)/b31-18-,33-24+. The number of carboxylic acid groups (broad SMARTS) is 1. The number of nitro benzene ring substituents is 1. The third-order valence-electron chi connectivity index (χ3n) is 6.42. The van der Waals surface area contributed by atoms with E-state index < -0.39 is 43.1 Å². The third kappa shape index (κ3) is 6.08.